The first-order valence-electron chi connectivity index (χ1n) is 12.0. The van der Waals surface area contributed by atoms with Gasteiger partial charge in [0.15, 0.2) is 28.8 Å². The number of hydrogen-bond donors (Lipinski definition) is 0. The Morgan fingerprint density at radius 2 is 1.28 bits per heavy atom. The lowest BCUT2D eigenvalue weighted by atomic mass is 9.75. The van der Waals surface area contributed by atoms with E-state index in [0.29, 0.717) is 22.8 Å². The minimum Gasteiger partial charge on any atom is -0.493 e. The molecule has 6 rings (SSSR count). The molecule has 0 bridgehead atoms. The fourth-order valence-corrected chi connectivity index (χ4v) is 5.67. The molecule has 180 valence electrons. The lowest BCUT2D eigenvalue weighted by Crippen LogP contribution is -2.24. The lowest BCUT2D eigenvalue weighted by Gasteiger charge is -2.25. The first kappa shape index (κ1) is 22.2. The zero-order chi connectivity index (χ0) is 24.6. The SMILES string of the molecule is COc1cc2c(cc1OC)[C@H](c1ccc3c(c1)OCO3)[C@@H](C(=O)c1ccccc1)[C@@H]2c1ccccc1. The Kier molecular flexibility index (Phi) is 5.61. The second kappa shape index (κ2) is 9.08. The fraction of sp³-hybridized carbons (Fsp3) is 0.194. The van der Waals surface area contributed by atoms with Crippen LogP contribution in [0.4, 0.5) is 0 Å². The summed E-state index contributed by atoms with van der Waals surface area (Å²) in [5, 5.41) is 0. The van der Waals surface area contributed by atoms with Crippen molar-refractivity contribution in [3.05, 3.63) is 119 Å². The Morgan fingerprint density at radius 1 is 0.694 bits per heavy atom. The summed E-state index contributed by atoms with van der Waals surface area (Å²) in [6.45, 7) is 0.198. The van der Waals surface area contributed by atoms with Crippen molar-refractivity contribution in [3.8, 4) is 23.0 Å². The molecule has 1 aliphatic heterocycles. The van der Waals surface area contributed by atoms with Gasteiger partial charge in [-0.15, -0.1) is 0 Å². The molecule has 2 aliphatic rings. The van der Waals surface area contributed by atoms with E-state index in [1.165, 1.54) is 0 Å². The molecule has 0 fully saturated rings. The third-order valence-electron chi connectivity index (χ3n) is 7.25. The van der Waals surface area contributed by atoms with Gasteiger partial charge < -0.3 is 18.9 Å². The molecule has 5 nitrogen and oxygen atoms in total. The lowest BCUT2D eigenvalue weighted by molar-refractivity contribution is 0.0904. The molecule has 0 spiro atoms. The summed E-state index contributed by atoms with van der Waals surface area (Å²) in [5.41, 5.74) is 4.90. The first-order chi connectivity index (χ1) is 17.7. The summed E-state index contributed by atoms with van der Waals surface area (Å²) in [5.74, 6) is 2.05. The quantitative estimate of drug-likeness (QED) is 0.309. The second-order valence-corrected chi connectivity index (χ2v) is 9.07. The van der Waals surface area contributed by atoms with Crippen LogP contribution in [0.2, 0.25) is 0 Å². The van der Waals surface area contributed by atoms with Gasteiger partial charge in [-0.1, -0.05) is 66.7 Å². The van der Waals surface area contributed by atoms with E-state index in [1.54, 1.807) is 14.2 Å². The highest BCUT2D eigenvalue weighted by atomic mass is 16.7. The average molecular weight is 479 g/mol. The van der Waals surface area contributed by atoms with E-state index in [-0.39, 0.29) is 30.3 Å². The summed E-state index contributed by atoms with van der Waals surface area (Å²) in [6, 6.07) is 29.8. The average Bonchev–Trinajstić information content (AvgIpc) is 3.54. The highest BCUT2D eigenvalue weighted by molar-refractivity contribution is 6.00. The van der Waals surface area contributed by atoms with Gasteiger partial charge in [0.25, 0.3) is 0 Å². The Balaban J connectivity index is 1.61. The first-order valence-corrected chi connectivity index (χ1v) is 12.0. The maximum absolute atomic E-state index is 14.3. The van der Waals surface area contributed by atoms with Gasteiger partial charge >= 0.3 is 0 Å². The molecule has 0 N–H and O–H groups in total. The molecular formula is C31H26O5. The maximum Gasteiger partial charge on any atom is 0.231 e. The number of ether oxygens (including phenoxy) is 4. The van der Waals surface area contributed by atoms with Crippen LogP contribution < -0.4 is 18.9 Å². The molecule has 0 radical (unpaired) electrons. The van der Waals surface area contributed by atoms with Gasteiger partial charge in [-0.2, -0.15) is 0 Å². The maximum atomic E-state index is 14.3. The van der Waals surface area contributed by atoms with Crippen LogP contribution >= 0.6 is 0 Å². The summed E-state index contributed by atoms with van der Waals surface area (Å²) in [6.07, 6.45) is 0. The van der Waals surface area contributed by atoms with Gasteiger partial charge in [0, 0.05) is 23.3 Å². The molecule has 0 saturated carbocycles. The number of carbonyl (C=O) groups excluding carboxylic acids is 1. The third-order valence-corrected chi connectivity index (χ3v) is 7.25. The highest BCUT2D eigenvalue weighted by Gasteiger charge is 2.47. The van der Waals surface area contributed by atoms with Crippen molar-refractivity contribution in [3.63, 3.8) is 0 Å². The van der Waals surface area contributed by atoms with Crippen LogP contribution in [0.15, 0.2) is 91.0 Å². The van der Waals surface area contributed by atoms with Crippen LogP contribution in [0.3, 0.4) is 0 Å². The zero-order valence-corrected chi connectivity index (χ0v) is 20.1. The summed E-state index contributed by atoms with van der Waals surface area (Å²) < 4.78 is 22.6. The van der Waals surface area contributed by atoms with Crippen molar-refractivity contribution >= 4 is 5.78 Å². The number of ketones is 1. The molecule has 0 saturated heterocycles. The molecule has 4 aromatic carbocycles. The largest absolute Gasteiger partial charge is 0.493 e. The van der Waals surface area contributed by atoms with Crippen LogP contribution in [-0.2, 0) is 0 Å². The molecule has 1 aliphatic carbocycles. The summed E-state index contributed by atoms with van der Waals surface area (Å²) in [7, 11) is 3.27. The van der Waals surface area contributed by atoms with E-state index in [0.717, 1.165) is 28.0 Å². The predicted molar refractivity (Wildman–Crippen MR) is 137 cm³/mol. The van der Waals surface area contributed by atoms with Crippen molar-refractivity contribution in [1.29, 1.82) is 0 Å². The van der Waals surface area contributed by atoms with Crippen molar-refractivity contribution in [2.24, 2.45) is 5.92 Å². The normalized spacial score (nSPS) is 19.6. The van der Waals surface area contributed by atoms with Gasteiger partial charge in [-0.05, 0) is 46.5 Å². The molecule has 5 heteroatoms. The molecule has 0 amide bonds. The van der Waals surface area contributed by atoms with Gasteiger partial charge in [0.1, 0.15) is 0 Å². The Bertz CT molecular complexity index is 1410. The van der Waals surface area contributed by atoms with E-state index in [1.807, 2.05) is 78.9 Å². The number of fused-ring (bicyclic) bond motifs is 2. The second-order valence-electron chi connectivity index (χ2n) is 9.07. The van der Waals surface area contributed by atoms with Gasteiger partial charge in [-0.25, -0.2) is 0 Å². The fourth-order valence-electron chi connectivity index (χ4n) is 5.67. The zero-order valence-electron chi connectivity index (χ0n) is 20.1. The van der Waals surface area contributed by atoms with Crippen molar-refractivity contribution in [2.45, 2.75) is 11.8 Å². The van der Waals surface area contributed by atoms with E-state index in [2.05, 4.69) is 12.1 Å². The smallest absolute Gasteiger partial charge is 0.231 e. The number of hydrogen-bond acceptors (Lipinski definition) is 5. The summed E-state index contributed by atoms with van der Waals surface area (Å²) >= 11 is 0. The number of methoxy groups -OCH3 is 2. The molecule has 0 aromatic heterocycles. The van der Waals surface area contributed by atoms with Gasteiger partial charge in [0.2, 0.25) is 6.79 Å². The number of benzene rings is 4. The van der Waals surface area contributed by atoms with Crippen LogP contribution in [0.5, 0.6) is 23.0 Å². The number of Topliss-reactive ketones (excluding diaryl/α,β-unsaturated/α-hetero) is 1. The van der Waals surface area contributed by atoms with Crippen molar-refractivity contribution < 1.29 is 23.7 Å². The molecule has 0 unspecified atom stereocenters. The third kappa shape index (κ3) is 3.59. The Hall–Kier alpha value is -4.25. The Labute approximate surface area is 210 Å². The van der Waals surface area contributed by atoms with Gasteiger partial charge in [-0.3, -0.25) is 4.79 Å². The van der Waals surface area contributed by atoms with Crippen molar-refractivity contribution in [2.75, 3.05) is 21.0 Å². The van der Waals surface area contributed by atoms with Crippen molar-refractivity contribution in [1.82, 2.24) is 0 Å². The van der Waals surface area contributed by atoms with E-state index < -0.39 is 0 Å². The highest BCUT2D eigenvalue weighted by Crippen LogP contribution is 2.56. The minimum absolute atomic E-state index is 0.0984. The number of carbonyl (C=O) groups is 1. The number of rotatable bonds is 6. The standard InChI is InChI=1S/C31H26O5/c1-33-25-16-22-23(17-26(25)34-2)29(21-13-14-24-27(15-21)36-18-35-24)30(28(22)19-9-5-3-6-10-19)31(32)20-11-7-4-8-12-20/h3-17,28-30H,18H2,1-2H3/t28-,29+,30+/m1/s1. The minimum atomic E-state index is -0.373. The molecule has 4 aromatic rings. The van der Waals surface area contributed by atoms with E-state index in [9.17, 15) is 4.79 Å². The summed E-state index contributed by atoms with van der Waals surface area (Å²) in [4.78, 5) is 14.3. The van der Waals surface area contributed by atoms with Crippen LogP contribution in [0, 0.1) is 5.92 Å². The molecule has 1 heterocycles. The molecule has 3 atom stereocenters. The van der Waals surface area contributed by atoms with Crippen LogP contribution in [0.25, 0.3) is 0 Å². The van der Waals surface area contributed by atoms with E-state index >= 15 is 0 Å². The van der Waals surface area contributed by atoms with Crippen LogP contribution in [0.1, 0.15) is 44.4 Å². The monoisotopic (exact) mass is 478 g/mol. The van der Waals surface area contributed by atoms with E-state index in [4.69, 9.17) is 18.9 Å². The Morgan fingerprint density at radius 3 is 1.92 bits per heavy atom. The topological polar surface area (TPSA) is 54.0 Å². The predicted octanol–water partition coefficient (Wildman–Crippen LogP) is 6.21. The van der Waals surface area contributed by atoms with Gasteiger partial charge in [0.05, 0.1) is 14.2 Å². The van der Waals surface area contributed by atoms with Crippen LogP contribution in [-0.4, -0.2) is 26.8 Å². The molecule has 36 heavy (non-hydrogen) atoms. The molecular weight excluding hydrogens is 452 g/mol.